The highest BCUT2D eigenvalue weighted by Gasteiger charge is 2.10. The van der Waals surface area contributed by atoms with Gasteiger partial charge < -0.3 is 15.4 Å². The molecule has 0 atom stereocenters. The number of benzene rings is 1. The number of nitrogen functional groups attached to an aromatic ring is 1. The third kappa shape index (κ3) is 4.16. The van der Waals surface area contributed by atoms with E-state index in [9.17, 15) is 0 Å². The van der Waals surface area contributed by atoms with Crippen LogP contribution in [-0.4, -0.2) is 36.3 Å². The van der Waals surface area contributed by atoms with Gasteiger partial charge in [0.1, 0.15) is 11.6 Å². The first-order valence-electron chi connectivity index (χ1n) is 7.27. The molecule has 0 saturated carbocycles. The molecule has 2 rings (SSSR count). The first-order valence-corrected chi connectivity index (χ1v) is 7.27. The van der Waals surface area contributed by atoms with Crippen LogP contribution in [0.25, 0.3) is 11.4 Å². The second kappa shape index (κ2) is 7.59. The van der Waals surface area contributed by atoms with Crippen LogP contribution in [0.2, 0.25) is 0 Å². The fourth-order valence-electron chi connectivity index (χ4n) is 2.08. The predicted octanol–water partition coefficient (Wildman–Crippen LogP) is 2.59. The van der Waals surface area contributed by atoms with Gasteiger partial charge in [-0.1, -0.05) is 30.3 Å². The van der Waals surface area contributed by atoms with Crippen LogP contribution in [-0.2, 0) is 4.74 Å². The molecule has 5 heteroatoms. The summed E-state index contributed by atoms with van der Waals surface area (Å²) >= 11 is 0. The third-order valence-corrected chi connectivity index (χ3v) is 3.18. The Bertz CT molecular complexity index is 559. The van der Waals surface area contributed by atoms with E-state index in [1.807, 2.05) is 43.3 Å². The molecule has 1 heterocycles. The highest BCUT2D eigenvalue weighted by Crippen LogP contribution is 2.20. The number of ether oxygens (including phenoxy) is 1. The highest BCUT2D eigenvalue weighted by atomic mass is 16.5. The zero-order valence-corrected chi connectivity index (χ0v) is 12.6. The molecule has 5 nitrogen and oxygen atoms in total. The van der Waals surface area contributed by atoms with E-state index in [0.717, 1.165) is 31.1 Å². The maximum Gasteiger partial charge on any atom is 0.163 e. The molecule has 0 saturated heterocycles. The van der Waals surface area contributed by atoms with Crippen molar-refractivity contribution in [3.05, 3.63) is 36.4 Å². The summed E-state index contributed by atoms with van der Waals surface area (Å²) in [5.41, 5.74) is 6.90. The van der Waals surface area contributed by atoms with Crippen molar-refractivity contribution >= 4 is 11.6 Å². The zero-order valence-electron chi connectivity index (χ0n) is 12.6. The molecule has 1 aromatic heterocycles. The predicted molar refractivity (Wildman–Crippen MR) is 86.3 cm³/mol. The number of hydrogen-bond donors (Lipinski definition) is 1. The lowest BCUT2D eigenvalue weighted by molar-refractivity contribution is 0.154. The molecule has 2 aromatic rings. The number of likely N-dealkylation sites (N-methyl/N-ethyl adjacent to an activating group) is 1. The van der Waals surface area contributed by atoms with E-state index in [4.69, 9.17) is 10.5 Å². The van der Waals surface area contributed by atoms with E-state index in [1.54, 1.807) is 0 Å². The highest BCUT2D eigenvalue weighted by molar-refractivity contribution is 5.60. The topological polar surface area (TPSA) is 64.3 Å². The van der Waals surface area contributed by atoms with Crippen molar-refractivity contribution in [2.24, 2.45) is 0 Å². The number of anilines is 2. The van der Waals surface area contributed by atoms with Crippen LogP contribution in [0, 0.1) is 0 Å². The average Bonchev–Trinajstić information content (AvgIpc) is 2.52. The van der Waals surface area contributed by atoms with Crippen LogP contribution in [0.4, 0.5) is 11.6 Å². The first kappa shape index (κ1) is 15.3. The number of hydrogen-bond acceptors (Lipinski definition) is 5. The van der Waals surface area contributed by atoms with E-state index in [-0.39, 0.29) is 0 Å². The number of rotatable bonds is 7. The van der Waals surface area contributed by atoms with Crippen LogP contribution in [0.1, 0.15) is 13.8 Å². The number of aromatic nitrogens is 2. The molecule has 0 unspecified atom stereocenters. The van der Waals surface area contributed by atoms with E-state index in [0.29, 0.717) is 18.2 Å². The number of nitrogens with zero attached hydrogens (tertiary/aromatic N) is 3. The van der Waals surface area contributed by atoms with Crippen molar-refractivity contribution in [1.82, 2.24) is 9.97 Å². The molecular formula is C16H22N4O. The van der Waals surface area contributed by atoms with Gasteiger partial charge in [0.25, 0.3) is 0 Å². The summed E-state index contributed by atoms with van der Waals surface area (Å²) < 4.78 is 5.42. The van der Waals surface area contributed by atoms with Crippen LogP contribution in [0.15, 0.2) is 36.4 Å². The van der Waals surface area contributed by atoms with Gasteiger partial charge in [0.15, 0.2) is 5.82 Å². The van der Waals surface area contributed by atoms with Gasteiger partial charge >= 0.3 is 0 Å². The Hall–Kier alpha value is -2.14. The van der Waals surface area contributed by atoms with Gasteiger partial charge in [-0.05, 0) is 13.8 Å². The van der Waals surface area contributed by atoms with Crippen LogP contribution >= 0.6 is 0 Å². The summed E-state index contributed by atoms with van der Waals surface area (Å²) in [5.74, 6) is 1.97. The maximum absolute atomic E-state index is 5.94. The Kier molecular flexibility index (Phi) is 5.51. The molecule has 1 aromatic carbocycles. The fraction of sp³-hybridized carbons (Fsp3) is 0.375. The quantitative estimate of drug-likeness (QED) is 0.793. The lowest BCUT2D eigenvalue weighted by atomic mass is 10.2. The SMILES string of the molecule is CCOCCN(CC)c1cc(N)nc(-c2ccccc2)n1. The van der Waals surface area contributed by atoms with Gasteiger partial charge in [-0.25, -0.2) is 9.97 Å². The smallest absolute Gasteiger partial charge is 0.163 e. The minimum Gasteiger partial charge on any atom is -0.384 e. The molecular weight excluding hydrogens is 264 g/mol. The molecule has 2 N–H and O–H groups in total. The van der Waals surface area contributed by atoms with Crippen molar-refractivity contribution in [3.8, 4) is 11.4 Å². The van der Waals surface area contributed by atoms with E-state index < -0.39 is 0 Å². The van der Waals surface area contributed by atoms with E-state index in [1.165, 1.54) is 0 Å². The molecule has 112 valence electrons. The second-order valence-corrected chi connectivity index (χ2v) is 4.62. The lowest BCUT2D eigenvalue weighted by Crippen LogP contribution is -2.28. The molecule has 0 radical (unpaired) electrons. The second-order valence-electron chi connectivity index (χ2n) is 4.62. The van der Waals surface area contributed by atoms with E-state index in [2.05, 4.69) is 21.8 Å². The Morgan fingerprint density at radius 2 is 1.90 bits per heavy atom. The third-order valence-electron chi connectivity index (χ3n) is 3.18. The van der Waals surface area contributed by atoms with Crippen molar-refractivity contribution in [3.63, 3.8) is 0 Å². The van der Waals surface area contributed by atoms with Crippen LogP contribution < -0.4 is 10.6 Å². The fourth-order valence-corrected chi connectivity index (χ4v) is 2.08. The molecule has 0 fully saturated rings. The van der Waals surface area contributed by atoms with Crippen molar-refractivity contribution in [2.45, 2.75) is 13.8 Å². The molecule has 0 aliphatic heterocycles. The summed E-state index contributed by atoms with van der Waals surface area (Å²) in [6, 6.07) is 11.7. The summed E-state index contributed by atoms with van der Waals surface area (Å²) in [7, 11) is 0. The van der Waals surface area contributed by atoms with Crippen molar-refractivity contribution < 1.29 is 4.74 Å². The minimum atomic E-state index is 0.480. The average molecular weight is 286 g/mol. The Balaban J connectivity index is 2.25. The van der Waals surface area contributed by atoms with Crippen LogP contribution in [0.3, 0.4) is 0 Å². The Morgan fingerprint density at radius 1 is 1.14 bits per heavy atom. The van der Waals surface area contributed by atoms with Crippen molar-refractivity contribution in [2.75, 3.05) is 36.9 Å². The molecule has 21 heavy (non-hydrogen) atoms. The summed E-state index contributed by atoms with van der Waals surface area (Å²) in [5, 5.41) is 0. The van der Waals surface area contributed by atoms with Gasteiger partial charge in [0.2, 0.25) is 0 Å². The van der Waals surface area contributed by atoms with Crippen molar-refractivity contribution in [1.29, 1.82) is 0 Å². The van der Waals surface area contributed by atoms with Gasteiger partial charge in [-0.3, -0.25) is 0 Å². The summed E-state index contributed by atoms with van der Waals surface area (Å²) in [6.07, 6.45) is 0. The minimum absolute atomic E-state index is 0.480. The zero-order chi connectivity index (χ0) is 15.1. The Morgan fingerprint density at radius 3 is 2.57 bits per heavy atom. The summed E-state index contributed by atoms with van der Waals surface area (Å²) in [6.45, 7) is 7.11. The first-order chi connectivity index (χ1) is 10.2. The number of nitrogens with two attached hydrogens (primary N) is 1. The molecule has 0 amide bonds. The molecule has 0 aliphatic rings. The van der Waals surface area contributed by atoms with Gasteiger partial charge in [0.05, 0.1) is 6.61 Å². The monoisotopic (exact) mass is 286 g/mol. The standard InChI is InChI=1S/C16H22N4O/c1-3-20(10-11-21-4-2)15-12-14(17)18-16(19-15)13-8-6-5-7-9-13/h5-9,12H,3-4,10-11H2,1-2H3,(H2,17,18,19). The Labute approximate surface area is 125 Å². The van der Waals surface area contributed by atoms with Gasteiger partial charge in [0, 0.05) is 31.3 Å². The molecule has 0 aliphatic carbocycles. The normalized spacial score (nSPS) is 10.6. The van der Waals surface area contributed by atoms with Gasteiger partial charge in [-0.2, -0.15) is 0 Å². The summed E-state index contributed by atoms with van der Waals surface area (Å²) in [4.78, 5) is 11.1. The van der Waals surface area contributed by atoms with Crippen LogP contribution in [0.5, 0.6) is 0 Å². The molecule has 0 spiro atoms. The molecule has 0 bridgehead atoms. The lowest BCUT2D eigenvalue weighted by Gasteiger charge is -2.22. The van der Waals surface area contributed by atoms with E-state index >= 15 is 0 Å². The van der Waals surface area contributed by atoms with Gasteiger partial charge in [-0.15, -0.1) is 0 Å². The maximum atomic E-state index is 5.94. The largest absolute Gasteiger partial charge is 0.384 e.